The van der Waals surface area contributed by atoms with Crippen molar-refractivity contribution in [3.63, 3.8) is 0 Å². The summed E-state index contributed by atoms with van der Waals surface area (Å²) < 4.78 is 5.46. The molecule has 2 aromatic rings. The van der Waals surface area contributed by atoms with E-state index in [0.717, 1.165) is 41.8 Å². The maximum absolute atomic E-state index is 12.5. The van der Waals surface area contributed by atoms with Gasteiger partial charge in [0.1, 0.15) is 11.8 Å². The van der Waals surface area contributed by atoms with Crippen molar-refractivity contribution in [3.05, 3.63) is 39.3 Å². The minimum atomic E-state index is -0.212. The van der Waals surface area contributed by atoms with Gasteiger partial charge in [-0.15, -0.1) is 11.3 Å². The van der Waals surface area contributed by atoms with Crippen LogP contribution in [0.25, 0.3) is 0 Å². The van der Waals surface area contributed by atoms with Crippen molar-refractivity contribution in [3.8, 4) is 0 Å². The Hall–Kier alpha value is -1.99. The zero-order valence-corrected chi connectivity index (χ0v) is 13.9. The van der Waals surface area contributed by atoms with Crippen molar-refractivity contribution in [1.29, 1.82) is 0 Å². The number of thiophene rings is 1. The fourth-order valence-corrected chi connectivity index (χ4v) is 3.65. The number of rotatable bonds is 5. The number of aryl methyl sites for hydroxylation is 1. The lowest BCUT2D eigenvalue weighted by Gasteiger charge is -2.19. The number of hydrogen-bond acceptors (Lipinski definition) is 6. The molecule has 0 radical (unpaired) electrons. The van der Waals surface area contributed by atoms with Crippen molar-refractivity contribution in [2.75, 3.05) is 19.4 Å². The predicted molar refractivity (Wildman–Crippen MR) is 89.5 cm³/mol. The first-order valence-corrected chi connectivity index (χ1v) is 8.56. The van der Waals surface area contributed by atoms with Crippen molar-refractivity contribution < 1.29 is 9.53 Å². The Morgan fingerprint density at radius 3 is 3.00 bits per heavy atom. The van der Waals surface area contributed by atoms with Crippen LogP contribution in [0.2, 0.25) is 0 Å². The topological polar surface area (TPSA) is 90.1 Å². The number of nitrogens with one attached hydrogen (secondary N) is 1. The van der Waals surface area contributed by atoms with Gasteiger partial charge < -0.3 is 15.8 Å². The molecule has 7 heteroatoms. The molecule has 1 aliphatic carbocycles. The van der Waals surface area contributed by atoms with Crippen LogP contribution < -0.4 is 11.1 Å². The van der Waals surface area contributed by atoms with Crippen molar-refractivity contribution in [2.24, 2.45) is 0 Å². The molecular weight excluding hydrogens is 312 g/mol. The summed E-state index contributed by atoms with van der Waals surface area (Å²) in [5, 5.41) is 4.90. The number of nitrogen functional groups attached to an aromatic ring is 1. The number of amides is 1. The molecule has 1 unspecified atom stereocenters. The van der Waals surface area contributed by atoms with Gasteiger partial charge in [-0.2, -0.15) is 0 Å². The van der Waals surface area contributed by atoms with Crippen LogP contribution in [-0.2, 0) is 17.6 Å². The van der Waals surface area contributed by atoms with Gasteiger partial charge in [0.2, 0.25) is 5.95 Å². The van der Waals surface area contributed by atoms with Crippen LogP contribution >= 0.6 is 11.3 Å². The summed E-state index contributed by atoms with van der Waals surface area (Å²) in [5.41, 5.74) is 8.02. The number of aromatic nitrogens is 2. The Labute approximate surface area is 139 Å². The van der Waals surface area contributed by atoms with Gasteiger partial charge in [-0.05, 0) is 37.1 Å². The third-order valence-electron chi connectivity index (χ3n) is 4.01. The second-order valence-corrected chi connectivity index (χ2v) is 6.49. The molecule has 1 amide bonds. The highest BCUT2D eigenvalue weighted by molar-refractivity contribution is 7.10. The second kappa shape index (κ2) is 7.06. The van der Waals surface area contributed by atoms with Crippen LogP contribution in [0, 0.1) is 0 Å². The number of carbonyl (C=O) groups excluding carboxylic acids is 1. The molecule has 1 aliphatic rings. The van der Waals surface area contributed by atoms with Gasteiger partial charge in [-0.1, -0.05) is 6.07 Å². The van der Waals surface area contributed by atoms with Crippen LogP contribution in [0.5, 0.6) is 0 Å². The minimum Gasteiger partial charge on any atom is -0.374 e. The summed E-state index contributed by atoms with van der Waals surface area (Å²) in [4.78, 5) is 22.1. The maximum Gasteiger partial charge on any atom is 0.270 e. The Morgan fingerprint density at radius 1 is 1.43 bits per heavy atom. The molecule has 0 spiro atoms. The quantitative estimate of drug-likeness (QED) is 0.875. The third-order valence-corrected chi connectivity index (χ3v) is 4.97. The highest BCUT2D eigenvalue weighted by Crippen LogP contribution is 2.24. The summed E-state index contributed by atoms with van der Waals surface area (Å²) >= 11 is 1.61. The lowest BCUT2D eigenvalue weighted by molar-refractivity contribution is 0.0832. The summed E-state index contributed by atoms with van der Waals surface area (Å²) in [5.74, 6) is -0.0480. The Bertz CT molecular complexity index is 688. The molecule has 3 N–H and O–H groups in total. The smallest absolute Gasteiger partial charge is 0.270 e. The third kappa shape index (κ3) is 3.51. The highest BCUT2D eigenvalue weighted by atomic mass is 32.1. The fourth-order valence-electron chi connectivity index (χ4n) is 2.84. The van der Waals surface area contributed by atoms with Crippen LogP contribution in [-0.4, -0.2) is 29.5 Å². The molecular formula is C16H20N4O2S. The molecule has 0 bridgehead atoms. The maximum atomic E-state index is 12.5. The van der Waals surface area contributed by atoms with Crippen molar-refractivity contribution in [1.82, 2.24) is 15.3 Å². The lowest BCUT2D eigenvalue weighted by Crippen LogP contribution is -2.31. The first-order valence-electron chi connectivity index (χ1n) is 7.68. The zero-order chi connectivity index (χ0) is 16.2. The first-order chi connectivity index (χ1) is 11.2. The van der Waals surface area contributed by atoms with Gasteiger partial charge in [0.15, 0.2) is 0 Å². The first kappa shape index (κ1) is 15.9. The summed E-state index contributed by atoms with van der Waals surface area (Å²) in [7, 11) is 1.64. The fraction of sp³-hybridized carbons (Fsp3) is 0.438. The average Bonchev–Trinajstić information content (AvgIpc) is 3.08. The normalized spacial score (nSPS) is 15.0. The average molecular weight is 332 g/mol. The number of carbonyl (C=O) groups is 1. The molecule has 0 saturated heterocycles. The van der Waals surface area contributed by atoms with Gasteiger partial charge in [0.05, 0.1) is 0 Å². The molecule has 2 heterocycles. The van der Waals surface area contributed by atoms with E-state index in [1.54, 1.807) is 18.4 Å². The van der Waals surface area contributed by atoms with E-state index >= 15 is 0 Å². The van der Waals surface area contributed by atoms with E-state index < -0.39 is 0 Å². The van der Waals surface area contributed by atoms with Crippen LogP contribution in [0.1, 0.15) is 45.6 Å². The number of nitrogens with two attached hydrogens (primary N) is 1. The minimum absolute atomic E-state index is 0.158. The molecule has 2 aromatic heterocycles. The van der Waals surface area contributed by atoms with E-state index in [9.17, 15) is 4.79 Å². The van der Waals surface area contributed by atoms with Crippen LogP contribution in [0.4, 0.5) is 5.95 Å². The Morgan fingerprint density at radius 2 is 2.26 bits per heavy atom. The largest absolute Gasteiger partial charge is 0.374 e. The predicted octanol–water partition coefficient (Wildman–Crippen LogP) is 2.12. The number of ether oxygens (including phenoxy) is 1. The van der Waals surface area contributed by atoms with Crippen molar-refractivity contribution in [2.45, 2.75) is 31.8 Å². The van der Waals surface area contributed by atoms with E-state index in [4.69, 9.17) is 10.5 Å². The number of nitrogens with zero attached hydrogens (tertiary/aromatic N) is 2. The van der Waals surface area contributed by atoms with Crippen LogP contribution in [0.3, 0.4) is 0 Å². The number of fused-ring (bicyclic) bond motifs is 1. The number of anilines is 1. The van der Waals surface area contributed by atoms with Gasteiger partial charge in [-0.3, -0.25) is 4.79 Å². The molecule has 122 valence electrons. The molecule has 0 aliphatic heterocycles. The monoisotopic (exact) mass is 332 g/mol. The van der Waals surface area contributed by atoms with Crippen molar-refractivity contribution >= 4 is 23.2 Å². The number of methoxy groups -OCH3 is 1. The van der Waals surface area contributed by atoms with Gasteiger partial charge in [0.25, 0.3) is 5.91 Å². The molecule has 0 aromatic carbocycles. The second-order valence-electron chi connectivity index (χ2n) is 5.51. The summed E-state index contributed by atoms with van der Waals surface area (Å²) in [6.45, 7) is 0.397. The molecule has 6 nitrogen and oxygen atoms in total. The summed E-state index contributed by atoms with van der Waals surface area (Å²) in [6, 6.07) is 3.96. The van der Waals surface area contributed by atoms with E-state index in [1.807, 2.05) is 17.5 Å². The van der Waals surface area contributed by atoms with Crippen LogP contribution in [0.15, 0.2) is 17.5 Å². The SMILES string of the molecule is COC(CNC(=O)c1nc(N)nc2c1CCCC2)c1cccs1. The molecule has 0 saturated carbocycles. The molecule has 23 heavy (non-hydrogen) atoms. The molecule has 1 atom stereocenters. The highest BCUT2D eigenvalue weighted by Gasteiger charge is 2.22. The lowest BCUT2D eigenvalue weighted by atomic mass is 9.94. The van der Waals surface area contributed by atoms with E-state index in [0.29, 0.717) is 12.2 Å². The van der Waals surface area contributed by atoms with Gasteiger partial charge in [0, 0.05) is 29.8 Å². The Kier molecular flexibility index (Phi) is 4.88. The molecule has 3 rings (SSSR count). The molecule has 0 fully saturated rings. The van der Waals surface area contributed by atoms with E-state index in [1.165, 1.54) is 0 Å². The summed E-state index contributed by atoms with van der Waals surface area (Å²) in [6.07, 6.45) is 3.66. The van der Waals surface area contributed by atoms with E-state index in [2.05, 4.69) is 15.3 Å². The number of hydrogen-bond donors (Lipinski definition) is 2. The zero-order valence-electron chi connectivity index (χ0n) is 13.0. The standard InChI is InChI=1S/C16H20N4O2S/c1-22-12(13-7-4-8-23-13)9-18-15(21)14-10-5-2-3-6-11(10)19-16(17)20-14/h4,7-8,12H,2-3,5-6,9H2,1H3,(H,18,21)(H2,17,19,20). The van der Waals surface area contributed by atoms with Gasteiger partial charge >= 0.3 is 0 Å². The van der Waals surface area contributed by atoms with E-state index in [-0.39, 0.29) is 18.0 Å². The van der Waals surface area contributed by atoms with Gasteiger partial charge in [-0.25, -0.2) is 9.97 Å². The Balaban J connectivity index is 1.74.